The van der Waals surface area contributed by atoms with Crippen molar-refractivity contribution in [2.24, 2.45) is 0 Å². The van der Waals surface area contributed by atoms with Crippen molar-refractivity contribution in [1.29, 1.82) is 0 Å². The van der Waals surface area contributed by atoms with Crippen molar-refractivity contribution in [1.82, 2.24) is 15.5 Å². The molecule has 2 amide bonds. The Balaban J connectivity index is 1.97. The second-order valence-corrected chi connectivity index (χ2v) is 4.24. The Morgan fingerprint density at radius 3 is 2.93 bits per heavy atom. The molecule has 5 nitrogen and oxygen atoms in total. The van der Waals surface area contributed by atoms with Crippen molar-refractivity contribution in [3.05, 3.63) is 0 Å². The van der Waals surface area contributed by atoms with Crippen LogP contribution in [0.5, 0.6) is 0 Å². The molecular formula is C10H17N3O2. The van der Waals surface area contributed by atoms with Crippen LogP contribution in [-0.2, 0) is 9.59 Å². The van der Waals surface area contributed by atoms with E-state index in [2.05, 4.69) is 10.6 Å². The summed E-state index contributed by atoms with van der Waals surface area (Å²) in [5.74, 6) is 0.0750. The van der Waals surface area contributed by atoms with Gasteiger partial charge in [-0.1, -0.05) is 0 Å². The number of nitrogens with one attached hydrogen (secondary N) is 2. The van der Waals surface area contributed by atoms with Crippen molar-refractivity contribution in [2.45, 2.75) is 31.8 Å². The predicted molar refractivity (Wildman–Crippen MR) is 55.2 cm³/mol. The largest absolute Gasteiger partial charge is 0.344 e. The van der Waals surface area contributed by atoms with Gasteiger partial charge in [-0.25, -0.2) is 0 Å². The molecule has 2 atom stereocenters. The van der Waals surface area contributed by atoms with E-state index < -0.39 is 0 Å². The summed E-state index contributed by atoms with van der Waals surface area (Å²) in [6.07, 6.45) is 1.13. The molecule has 0 unspecified atom stereocenters. The molecule has 0 radical (unpaired) electrons. The normalized spacial score (nSPS) is 31.5. The van der Waals surface area contributed by atoms with Gasteiger partial charge in [0, 0.05) is 32.1 Å². The summed E-state index contributed by atoms with van der Waals surface area (Å²) in [5.41, 5.74) is 0. The molecule has 0 bridgehead atoms. The van der Waals surface area contributed by atoms with Crippen LogP contribution < -0.4 is 10.6 Å². The average molecular weight is 211 g/mol. The van der Waals surface area contributed by atoms with Gasteiger partial charge in [0.1, 0.15) is 6.04 Å². The molecule has 0 aromatic rings. The van der Waals surface area contributed by atoms with E-state index in [9.17, 15) is 9.59 Å². The minimum Gasteiger partial charge on any atom is -0.344 e. The van der Waals surface area contributed by atoms with E-state index in [0.717, 1.165) is 19.6 Å². The van der Waals surface area contributed by atoms with E-state index in [0.29, 0.717) is 12.8 Å². The quantitative estimate of drug-likeness (QED) is 0.590. The number of hydrogen-bond acceptors (Lipinski definition) is 3. The molecule has 2 heterocycles. The molecule has 2 aliphatic rings. The fraction of sp³-hybridized carbons (Fsp3) is 0.800. The van der Waals surface area contributed by atoms with Crippen molar-refractivity contribution in [3.63, 3.8) is 0 Å². The third-order valence-electron chi connectivity index (χ3n) is 3.08. The van der Waals surface area contributed by atoms with E-state index in [-0.39, 0.29) is 23.9 Å². The molecule has 84 valence electrons. The molecule has 0 aliphatic carbocycles. The molecule has 2 saturated heterocycles. The fourth-order valence-electron chi connectivity index (χ4n) is 2.17. The topological polar surface area (TPSA) is 61.4 Å². The SMILES string of the molecule is C[C@@H]1CNCCN1C(=O)[C@@H]1CCC(=O)N1. The third kappa shape index (κ3) is 2.12. The first-order chi connectivity index (χ1) is 7.18. The average Bonchev–Trinajstić information content (AvgIpc) is 2.65. The smallest absolute Gasteiger partial charge is 0.245 e. The number of nitrogens with zero attached hydrogens (tertiary/aromatic N) is 1. The summed E-state index contributed by atoms with van der Waals surface area (Å²) in [4.78, 5) is 24.9. The van der Waals surface area contributed by atoms with Crippen LogP contribution in [-0.4, -0.2) is 48.4 Å². The van der Waals surface area contributed by atoms with E-state index in [1.807, 2.05) is 11.8 Å². The molecule has 0 aromatic carbocycles. The van der Waals surface area contributed by atoms with Crippen LogP contribution in [0.25, 0.3) is 0 Å². The molecule has 5 heteroatoms. The lowest BCUT2D eigenvalue weighted by atomic mass is 10.1. The highest BCUT2D eigenvalue weighted by molar-refractivity contribution is 5.91. The number of rotatable bonds is 1. The second kappa shape index (κ2) is 4.18. The maximum Gasteiger partial charge on any atom is 0.245 e. The van der Waals surface area contributed by atoms with Gasteiger partial charge >= 0.3 is 0 Å². The Morgan fingerprint density at radius 2 is 2.33 bits per heavy atom. The van der Waals surface area contributed by atoms with Crippen LogP contribution in [0, 0.1) is 0 Å². The van der Waals surface area contributed by atoms with Gasteiger partial charge in [-0.05, 0) is 13.3 Å². The van der Waals surface area contributed by atoms with E-state index in [1.165, 1.54) is 0 Å². The number of carbonyl (C=O) groups is 2. The molecule has 0 saturated carbocycles. The molecule has 0 spiro atoms. The zero-order valence-corrected chi connectivity index (χ0v) is 8.95. The molecular weight excluding hydrogens is 194 g/mol. The highest BCUT2D eigenvalue weighted by atomic mass is 16.2. The number of piperazine rings is 1. The number of carbonyl (C=O) groups excluding carboxylic acids is 2. The summed E-state index contributed by atoms with van der Waals surface area (Å²) >= 11 is 0. The Kier molecular flexibility index (Phi) is 2.90. The second-order valence-electron chi connectivity index (χ2n) is 4.24. The first-order valence-corrected chi connectivity index (χ1v) is 5.49. The van der Waals surface area contributed by atoms with Crippen molar-refractivity contribution < 1.29 is 9.59 Å². The van der Waals surface area contributed by atoms with Crippen LogP contribution in [0.15, 0.2) is 0 Å². The highest BCUT2D eigenvalue weighted by Gasteiger charge is 2.33. The number of amides is 2. The van der Waals surface area contributed by atoms with Gasteiger partial charge in [0.2, 0.25) is 11.8 Å². The van der Waals surface area contributed by atoms with Gasteiger partial charge in [0.25, 0.3) is 0 Å². The standard InChI is InChI=1S/C10H17N3O2/c1-7-6-11-4-5-13(7)10(15)8-2-3-9(14)12-8/h7-8,11H,2-6H2,1H3,(H,12,14)/t7-,8+/m1/s1. The first-order valence-electron chi connectivity index (χ1n) is 5.49. The monoisotopic (exact) mass is 211 g/mol. The van der Waals surface area contributed by atoms with Gasteiger partial charge < -0.3 is 15.5 Å². The van der Waals surface area contributed by atoms with E-state index in [1.54, 1.807) is 0 Å². The minimum atomic E-state index is -0.280. The van der Waals surface area contributed by atoms with Crippen LogP contribution >= 0.6 is 0 Å². The summed E-state index contributed by atoms with van der Waals surface area (Å²) in [6, 6.07) is -0.0539. The van der Waals surface area contributed by atoms with Crippen LogP contribution in [0.2, 0.25) is 0 Å². The fourth-order valence-corrected chi connectivity index (χ4v) is 2.17. The zero-order valence-electron chi connectivity index (χ0n) is 8.95. The molecule has 2 N–H and O–H groups in total. The molecule has 2 rings (SSSR count). The lowest BCUT2D eigenvalue weighted by Gasteiger charge is -2.35. The van der Waals surface area contributed by atoms with Crippen LogP contribution in [0.1, 0.15) is 19.8 Å². The van der Waals surface area contributed by atoms with Gasteiger partial charge in [0.05, 0.1) is 0 Å². The van der Waals surface area contributed by atoms with Crippen molar-refractivity contribution in [2.75, 3.05) is 19.6 Å². The van der Waals surface area contributed by atoms with Crippen molar-refractivity contribution >= 4 is 11.8 Å². The lowest BCUT2D eigenvalue weighted by Crippen LogP contribution is -2.56. The Hall–Kier alpha value is -1.10. The molecule has 15 heavy (non-hydrogen) atoms. The summed E-state index contributed by atoms with van der Waals surface area (Å²) in [5, 5.41) is 5.96. The number of hydrogen-bond donors (Lipinski definition) is 2. The van der Waals surface area contributed by atoms with Crippen LogP contribution in [0.4, 0.5) is 0 Å². The summed E-state index contributed by atoms with van der Waals surface area (Å²) in [6.45, 7) is 4.45. The van der Waals surface area contributed by atoms with E-state index in [4.69, 9.17) is 0 Å². The van der Waals surface area contributed by atoms with Crippen molar-refractivity contribution in [3.8, 4) is 0 Å². The minimum absolute atomic E-state index is 0.00358. The maximum atomic E-state index is 12.0. The molecule has 0 aromatic heterocycles. The Bertz CT molecular complexity index is 280. The molecule has 2 aliphatic heterocycles. The summed E-state index contributed by atoms with van der Waals surface area (Å²) in [7, 11) is 0. The Morgan fingerprint density at radius 1 is 1.53 bits per heavy atom. The van der Waals surface area contributed by atoms with E-state index >= 15 is 0 Å². The predicted octanol–water partition coefficient (Wildman–Crippen LogP) is -0.915. The lowest BCUT2D eigenvalue weighted by molar-refractivity contribution is -0.137. The van der Waals surface area contributed by atoms with Crippen LogP contribution in [0.3, 0.4) is 0 Å². The van der Waals surface area contributed by atoms with Gasteiger partial charge in [-0.2, -0.15) is 0 Å². The Labute approximate surface area is 89.2 Å². The highest BCUT2D eigenvalue weighted by Crippen LogP contribution is 2.12. The summed E-state index contributed by atoms with van der Waals surface area (Å²) < 4.78 is 0. The first kappa shape index (κ1) is 10.4. The van der Waals surface area contributed by atoms with Gasteiger partial charge in [-0.15, -0.1) is 0 Å². The zero-order chi connectivity index (χ0) is 10.8. The van der Waals surface area contributed by atoms with Gasteiger partial charge in [0.15, 0.2) is 0 Å². The third-order valence-corrected chi connectivity index (χ3v) is 3.08. The maximum absolute atomic E-state index is 12.0. The van der Waals surface area contributed by atoms with Gasteiger partial charge in [-0.3, -0.25) is 9.59 Å². The molecule has 2 fully saturated rings.